The van der Waals surface area contributed by atoms with Crippen molar-refractivity contribution >= 4 is 48.0 Å². The summed E-state index contributed by atoms with van der Waals surface area (Å²) in [6.45, 7) is 3.30. The topological polar surface area (TPSA) is 166 Å². The van der Waals surface area contributed by atoms with Gasteiger partial charge in [-0.05, 0) is 12.8 Å². The summed E-state index contributed by atoms with van der Waals surface area (Å²) in [6, 6.07) is 4.87. The van der Waals surface area contributed by atoms with Gasteiger partial charge in [-0.15, -0.1) is 11.8 Å². The average molecular weight is 486 g/mol. The molecule has 0 fully saturated rings. The van der Waals surface area contributed by atoms with Crippen LogP contribution in [0.15, 0.2) is 35.5 Å². The van der Waals surface area contributed by atoms with E-state index in [1.165, 1.54) is 4.57 Å². The average Bonchev–Trinajstić information content (AvgIpc) is 3.04. The largest absolute Gasteiger partial charge is 0.480 e. The predicted molar refractivity (Wildman–Crippen MR) is 120 cm³/mol. The molecule has 0 spiro atoms. The van der Waals surface area contributed by atoms with Crippen LogP contribution in [0, 0.1) is 5.92 Å². The molecule has 0 aliphatic heterocycles. The van der Waals surface area contributed by atoms with Gasteiger partial charge in [0, 0.05) is 34.8 Å². The SMILES string of the molecule is CC(C)C(=O)N[C@@H](CSc1c2ccccc2cn1C(CCCP(=O)(O)O)C(=O)O)C(=O)O. The number of fused-ring (bicyclic) bond motifs is 1. The second kappa shape index (κ2) is 11.0. The first-order valence-electron chi connectivity index (χ1n) is 9.93. The molecule has 176 valence electrons. The smallest absolute Gasteiger partial charge is 0.327 e. The third-order valence-electron chi connectivity index (χ3n) is 4.78. The highest BCUT2D eigenvalue weighted by molar-refractivity contribution is 7.99. The van der Waals surface area contributed by atoms with Gasteiger partial charge >= 0.3 is 19.5 Å². The summed E-state index contributed by atoms with van der Waals surface area (Å²) in [4.78, 5) is 53.7. The molecule has 0 aliphatic rings. The Balaban J connectivity index is 2.34. The van der Waals surface area contributed by atoms with Crippen LogP contribution in [0.1, 0.15) is 32.7 Å². The van der Waals surface area contributed by atoms with Crippen LogP contribution in [0.25, 0.3) is 10.8 Å². The van der Waals surface area contributed by atoms with E-state index in [2.05, 4.69) is 5.32 Å². The van der Waals surface area contributed by atoms with Crippen LogP contribution in [0.4, 0.5) is 0 Å². The summed E-state index contributed by atoms with van der Waals surface area (Å²) in [5.41, 5.74) is 0. The number of nitrogens with zero attached hydrogens (tertiary/aromatic N) is 1. The first-order valence-corrected chi connectivity index (χ1v) is 12.7. The number of hydrogen-bond acceptors (Lipinski definition) is 5. The Kier molecular flexibility index (Phi) is 8.91. The number of carbonyl (C=O) groups excluding carboxylic acids is 1. The lowest BCUT2D eigenvalue weighted by atomic mass is 10.1. The van der Waals surface area contributed by atoms with E-state index in [0.717, 1.165) is 22.5 Å². The van der Waals surface area contributed by atoms with Crippen LogP contribution in [0.2, 0.25) is 0 Å². The van der Waals surface area contributed by atoms with Gasteiger partial charge < -0.3 is 29.9 Å². The first kappa shape index (κ1) is 25.9. The predicted octanol–water partition coefficient (Wildman–Crippen LogP) is 2.54. The van der Waals surface area contributed by atoms with Crippen molar-refractivity contribution in [2.24, 2.45) is 5.92 Å². The van der Waals surface area contributed by atoms with E-state index in [0.29, 0.717) is 5.03 Å². The lowest BCUT2D eigenvalue weighted by molar-refractivity contribution is -0.142. The Morgan fingerprint density at radius 3 is 2.34 bits per heavy atom. The molecule has 0 saturated heterocycles. The second-order valence-electron chi connectivity index (χ2n) is 7.68. The Bertz CT molecular complexity index is 1030. The fourth-order valence-corrected chi connectivity index (χ4v) is 4.90. The summed E-state index contributed by atoms with van der Waals surface area (Å²) < 4.78 is 12.7. The van der Waals surface area contributed by atoms with Crippen LogP contribution >= 0.6 is 19.4 Å². The summed E-state index contributed by atoms with van der Waals surface area (Å²) in [7, 11) is -4.26. The highest BCUT2D eigenvalue weighted by atomic mass is 32.2. The van der Waals surface area contributed by atoms with Gasteiger partial charge in [0.05, 0.1) is 5.03 Å². The van der Waals surface area contributed by atoms with Gasteiger partial charge in [0.1, 0.15) is 12.1 Å². The van der Waals surface area contributed by atoms with Crippen LogP contribution in [-0.4, -0.2) is 60.4 Å². The maximum atomic E-state index is 12.0. The second-order valence-corrected chi connectivity index (χ2v) is 10.5. The van der Waals surface area contributed by atoms with Gasteiger partial charge in [0.25, 0.3) is 0 Å². The molecule has 12 heteroatoms. The number of hydrogen-bond donors (Lipinski definition) is 5. The summed E-state index contributed by atoms with van der Waals surface area (Å²) in [5.74, 6) is -3.20. The zero-order valence-corrected chi connectivity index (χ0v) is 19.4. The fourth-order valence-electron chi connectivity index (χ4n) is 3.08. The number of carbonyl (C=O) groups is 3. The standard InChI is InChI=1S/C20H27N2O8PS/c1-12(2)17(23)21-15(19(24)25)11-32-18-14-7-4-3-6-13(14)10-22(18)16(20(26)27)8-5-9-31(28,29)30/h3-4,6-7,10,12,15-16H,5,8-9,11H2,1-2H3,(H,21,23)(H,24,25)(H,26,27)(H2,28,29,30)/t15-,16?/m0/s1. The first-order chi connectivity index (χ1) is 14.9. The van der Waals surface area contributed by atoms with Crippen LogP contribution in [-0.2, 0) is 18.9 Å². The molecule has 0 radical (unpaired) electrons. The number of carboxylic acid groups (broad SMARTS) is 2. The number of aromatic nitrogens is 1. The molecule has 0 bridgehead atoms. The van der Waals surface area contributed by atoms with Gasteiger partial charge in [-0.1, -0.05) is 38.1 Å². The Morgan fingerprint density at radius 1 is 1.12 bits per heavy atom. The molecule has 10 nitrogen and oxygen atoms in total. The van der Waals surface area contributed by atoms with Crippen LogP contribution < -0.4 is 5.32 Å². The fraction of sp³-hybridized carbons (Fsp3) is 0.450. The number of nitrogens with one attached hydrogen (secondary N) is 1. The summed E-state index contributed by atoms with van der Waals surface area (Å²) in [5, 5.41) is 23.7. The molecule has 1 heterocycles. The third kappa shape index (κ3) is 7.09. The van der Waals surface area contributed by atoms with E-state index >= 15 is 0 Å². The Hall–Kier alpha value is -2.33. The van der Waals surface area contributed by atoms with E-state index in [1.807, 2.05) is 0 Å². The monoisotopic (exact) mass is 486 g/mol. The van der Waals surface area contributed by atoms with E-state index in [4.69, 9.17) is 9.79 Å². The normalized spacial score (nSPS) is 13.8. The van der Waals surface area contributed by atoms with Crippen LogP contribution in [0.5, 0.6) is 0 Å². The maximum absolute atomic E-state index is 12.0. The lowest BCUT2D eigenvalue weighted by Gasteiger charge is -2.20. The molecule has 0 aliphatic carbocycles. The van der Waals surface area contributed by atoms with Crippen molar-refractivity contribution in [3.63, 3.8) is 0 Å². The molecule has 2 rings (SSSR count). The number of rotatable bonds is 12. The van der Waals surface area contributed by atoms with E-state index in [9.17, 15) is 29.2 Å². The molecular formula is C20H27N2O8PS. The minimum Gasteiger partial charge on any atom is -0.480 e. The highest BCUT2D eigenvalue weighted by Gasteiger charge is 2.27. The van der Waals surface area contributed by atoms with Crippen molar-refractivity contribution in [3.05, 3.63) is 30.5 Å². The van der Waals surface area contributed by atoms with E-state index in [-0.39, 0.29) is 18.6 Å². The van der Waals surface area contributed by atoms with Gasteiger partial charge in [0.2, 0.25) is 5.91 Å². The van der Waals surface area contributed by atoms with Gasteiger partial charge in [-0.25, -0.2) is 9.59 Å². The minimum atomic E-state index is -4.26. The Labute approximate surface area is 189 Å². The number of carboxylic acids is 2. The van der Waals surface area contributed by atoms with Crippen molar-refractivity contribution in [3.8, 4) is 0 Å². The molecular weight excluding hydrogens is 459 g/mol. The molecule has 1 unspecified atom stereocenters. The minimum absolute atomic E-state index is 0.00206. The van der Waals surface area contributed by atoms with Crippen molar-refractivity contribution in [1.82, 2.24) is 9.88 Å². The van der Waals surface area contributed by atoms with Crippen molar-refractivity contribution < 1.29 is 38.9 Å². The molecule has 2 atom stereocenters. The number of benzene rings is 1. The number of aliphatic carboxylic acids is 2. The van der Waals surface area contributed by atoms with Gasteiger partial charge in [-0.3, -0.25) is 9.36 Å². The van der Waals surface area contributed by atoms with Gasteiger partial charge in [-0.2, -0.15) is 0 Å². The number of amides is 1. The van der Waals surface area contributed by atoms with E-state index in [1.54, 1.807) is 44.3 Å². The zero-order chi connectivity index (χ0) is 24.1. The number of thioether (sulfide) groups is 1. The van der Waals surface area contributed by atoms with Crippen molar-refractivity contribution in [1.29, 1.82) is 0 Å². The molecule has 32 heavy (non-hydrogen) atoms. The Morgan fingerprint density at radius 2 is 1.78 bits per heavy atom. The highest BCUT2D eigenvalue weighted by Crippen LogP contribution is 2.38. The van der Waals surface area contributed by atoms with Crippen molar-refractivity contribution in [2.45, 2.75) is 43.8 Å². The summed E-state index contributed by atoms with van der Waals surface area (Å²) in [6.07, 6.45) is 1.20. The molecule has 1 aromatic heterocycles. The molecule has 5 N–H and O–H groups in total. The van der Waals surface area contributed by atoms with Crippen LogP contribution in [0.3, 0.4) is 0 Å². The summed E-state index contributed by atoms with van der Waals surface area (Å²) >= 11 is 1.11. The van der Waals surface area contributed by atoms with E-state index < -0.39 is 49.6 Å². The molecule has 2 aromatic rings. The quantitative estimate of drug-likeness (QED) is 0.224. The molecule has 1 amide bonds. The lowest BCUT2D eigenvalue weighted by Crippen LogP contribution is -2.44. The molecule has 1 aromatic carbocycles. The van der Waals surface area contributed by atoms with Crippen molar-refractivity contribution in [2.75, 3.05) is 11.9 Å². The zero-order valence-electron chi connectivity index (χ0n) is 17.7. The molecule has 0 saturated carbocycles. The van der Waals surface area contributed by atoms with Gasteiger partial charge in [0.15, 0.2) is 0 Å². The third-order valence-corrected chi connectivity index (χ3v) is 6.88. The maximum Gasteiger partial charge on any atom is 0.327 e.